The van der Waals surface area contributed by atoms with E-state index in [1.165, 1.54) is 29.8 Å². The van der Waals surface area contributed by atoms with Gasteiger partial charge in [-0.2, -0.15) is 0 Å². The second-order valence-corrected chi connectivity index (χ2v) is 5.36. The Bertz CT molecular complexity index is 369. The summed E-state index contributed by atoms with van der Waals surface area (Å²) in [6.07, 6.45) is 2.52. The van der Waals surface area contributed by atoms with E-state index in [-0.39, 0.29) is 0 Å². The molecule has 1 aliphatic heterocycles. The molecule has 0 aliphatic carbocycles. The normalized spacial score (nSPS) is 20.9. The Morgan fingerprint density at radius 2 is 1.82 bits per heavy atom. The van der Waals surface area contributed by atoms with Gasteiger partial charge in [0.15, 0.2) is 0 Å². The van der Waals surface area contributed by atoms with Gasteiger partial charge in [-0.25, -0.2) is 9.97 Å². The van der Waals surface area contributed by atoms with E-state index >= 15 is 0 Å². The molecule has 1 fully saturated rings. The molecule has 1 saturated heterocycles. The number of aryl methyl sites for hydroxylation is 2. The summed E-state index contributed by atoms with van der Waals surface area (Å²) < 4.78 is 0. The molecular formula is C14H23N3. The Morgan fingerprint density at radius 1 is 1.18 bits per heavy atom. The lowest BCUT2D eigenvalue weighted by molar-refractivity contribution is 0.456. The molecule has 1 aliphatic rings. The maximum Gasteiger partial charge on any atom is 0.131 e. The highest BCUT2D eigenvalue weighted by atomic mass is 14.9. The van der Waals surface area contributed by atoms with Crippen LogP contribution >= 0.6 is 0 Å². The molecule has 94 valence electrons. The van der Waals surface area contributed by atoms with Gasteiger partial charge in [-0.3, -0.25) is 0 Å². The quantitative estimate of drug-likeness (QED) is 0.853. The second kappa shape index (κ2) is 5.13. The van der Waals surface area contributed by atoms with Crippen LogP contribution in [0.4, 0.5) is 0 Å². The van der Waals surface area contributed by atoms with Gasteiger partial charge in [-0.1, -0.05) is 13.8 Å². The van der Waals surface area contributed by atoms with Crippen LogP contribution in [0.1, 0.15) is 61.3 Å². The van der Waals surface area contributed by atoms with E-state index in [9.17, 15) is 0 Å². The maximum atomic E-state index is 4.67. The third kappa shape index (κ3) is 2.65. The van der Waals surface area contributed by atoms with Crippen molar-refractivity contribution in [3.8, 4) is 0 Å². The summed E-state index contributed by atoms with van der Waals surface area (Å²) in [6.45, 7) is 10.8. The first-order valence-corrected chi connectivity index (χ1v) is 6.65. The van der Waals surface area contributed by atoms with E-state index < -0.39 is 0 Å². The van der Waals surface area contributed by atoms with Crippen LogP contribution in [0.5, 0.6) is 0 Å². The first kappa shape index (κ1) is 12.5. The molecule has 1 atom stereocenters. The van der Waals surface area contributed by atoms with Gasteiger partial charge >= 0.3 is 0 Å². The van der Waals surface area contributed by atoms with Crippen molar-refractivity contribution in [3.63, 3.8) is 0 Å². The molecule has 1 N–H and O–H groups in total. The van der Waals surface area contributed by atoms with Crippen LogP contribution in [0.15, 0.2) is 0 Å². The molecule has 0 radical (unpaired) electrons. The molecule has 17 heavy (non-hydrogen) atoms. The smallest absolute Gasteiger partial charge is 0.131 e. The lowest BCUT2D eigenvalue weighted by Gasteiger charge is -2.25. The summed E-state index contributed by atoms with van der Waals surface area (Å²) in [5.41, 5.74) is 3.73. The Morgan fingerprint density at radius 3 is 2.29 bits per heavy atom. The first-order chi connectivity index (χ1) is 8.09. The number of aromatic nitrogens is 2. The largest absolute Gasteiger partial charge is 0.316 e. The first-order valence-electron chi connectivity index (χ1n) is 6.65. The predicted molar refractivity (Wildman–Crippen MR) is 70.4 cm³/mol. The van der Waals surface area contributed by atoms with Gasteiger partial charge in [0, 0.05) is 23.9 Å². The minimum absolute atomic E-state index is 0.408. The van der Waals surface area contributed by atoms with Crippen molar-refractivity contribution in [2.45, 2.75) is 52.4 Å². The van der Waals surface area contributed by atoms with Gasteiger partial charge in [-0.15, -0.1) is 0 Å². The maximum absolute atomic E-state index is 4.67. The van der Waals surface area contributed by atoms with Crippen molar-refractivity contribution >= 4 is 0 Å². The fourth-order valence-electron chi connectivity index (χ4n) is 2.70. The van der Waals surface area contributed by atoms with E-state index in [4.69, 9.17) is 0 Å². The van der Waals surface area contributed by atoms with Gasteiger partial charge in [0.1, 0.15) is 5.82 Å². The van der Waals surface area contributed by atoms with Crippen LogP contribution in [0.25, 0.3) is 0 Å². The van der Waals surface area contributed by atoms with Crippen molar-refractivity contribution in [2.24, 2.45) is 0 Å². The molecule has 0 amide bonds. The van der Waals surface area contributed by atoms with Crippen LogP contribution in [-0.4, -0.2) is 23.1 Å². The van der Waals surface area contributed by atoms with Crippen molar-refractivity contribution in [3.05, 3.63) is 22.8 Å². The summed E-state index contributed by atoms with van der Waals surface area (Å²) in [5.74, 6) is 1.99. The van der Waals surface area contributed by atoms with E-state index in [1.54, 1.807) is 0 Å². The van der Waals surface area contributed by atoms with Crippen LogP contribution in [0.3, 0.4) is 0 Å². The number of nitrogens with zero attached hydrogens (tertiary/aromatic N) is 2. The average molecular weight is 233 g/mol. The zero-order valence-corrected chi connectivity index (χ0v) is 11.4. The van der Waals surface area contributed by atoms with Gasteiger partial charge in [0.2, 0.25) is 0 Å². The van der Waals surface area contributed by atoms with E-state index in [0.29, 0.717) is 11.8 Å². The number of hydrogen-bond acceptors (Lipinski definition) is 3. The van der Waals surface area contributed by atoms with E-state index in [1.807, 2.05) is 0 Å². The minimum atomic E-state index is 0.408. The topological polar surface area (TPSA) is 37.8 Å². The van der Waals surface area contributed by atoms with Crippen LogP contribution in [-0.2, 0) is 0 Å². The third-order valence-corrected chi connectivity index (χ3v) is 3.57. The molecule has 3 nitrogen and oxygen atoms in total. The van der Waals surface area contributed by atoms with E-state index in [0.717, 1.165) is 18.9 Å². The Hall–Kier alpha value is -0.960. The van der Waals surface area contributed by atoms with Crippen LogP contribution < -0.4 is 5.32 Å². The SMILES string of the molecule is Cc1nc(C(C)C)nc(C)c1C1CCCNC1. The molecule has 0 saturated carbocycles. The van der Waals surface area contributed by atoms with Gasteiger partial charge in [0.25, 0.3) is 0 Å². The fraction of sp³-hybridized carbons (Fsp3) is 0.714. The average Bonchev–Trinajstić information content (AvgIpc) is 2.29. The minimum Gasteiger partial charge on any atom is -0.316 e. The molecule has 2 heterocycles. The van der Waals surface area contributed by atoms with Crippen molar-refractivity contribution < 1.29 is 0 Å². The molecular weight excluding hydrogens is 210 g/mol. The molecule has 1 aromatic heterocycles. The summed E-state index contributed by atoms with van der Waals surface area (Å²) in [4.78, 5) is 9.34. The molecule has 1 aromatic rings. The highest BCUT2D eigenvalue weighted by Crippen LogP contribution is 2.28. The molecule has 0 bridgehead atoms. The standard InChI is InChI=1S/C14H23N3/c1-9(2)14-16-10(3)13(11(4)17-14)12-6-5-7-15-8-12/h9,12,15H,5-8H2,1-4H3. The van der Waals surface area contributed by atoms with Gasteiger partial charge in [-0.05, 0) is 44.7 Å². The molecule has 2 rings (SSSR count). The van der Waals surface area contributed by atoms with E-state index in [2.05, 4.69) is 43.0 Å². The molecule has 1 unspecified atom stereocenters. The molecule has 0 aromatic carbocycles. The molecule has 0 spiro atoms. The Labute approximate surface area is 104 Å². The lowest BCUT2D eigenvalue weighted by Crippen LogP contribution is -2.29. The van der Waals surface area contributed by atoms with Gasteiger partial charge < -0.3 is 5.32 Å². The number of hydrogen-bond donors (Lipinski definition) is 1. The Kier molecular flexibility index (Phi) is 3.77. The zero-order valence-electron chi connectivity index (χ0n) is 11.4. The van der Waals surface area contributed by atoms with Gasteiger partial charge in [0.05, 0.1) is 0 Å². The van der Waals surface area contributed by atoms with Crippen LogP contribution in [0.2, 0.25) is 0 Å². The Balaban J connectivity index is 2.33. The summed E-state index contributed by atoms with van der Waals surface area (Å²) in [7, 11) is 0. The second-order valence-electron chi connectivity index (χ2n) is 5.36. The number of piperidine rings is 1. The lowest BCUT2D eigenvalue weighted by atomic mass is 9.89. The monoisotopic (exact) mass is 233 g/mol. The van der Waals surface area contributed by atoms with Crippen molar-refractivity contribution in [2.75, 3.05) is 13.1 Å². The number of rotatable bonds is 2. The van der Waals surface area contributed by atoms with Crippen molar-refractivity contribution in [1.29, 1.82) is 0 Å². The summed E-state index contributed by atoms with van der Waals surface area (Å²) in [6, 6.07) is 0. The third-order valence-electron chi connectivity index (χ3n) is 3.57. The zero-order chi connectivity index (χ0) is 12.4. The highest BCUT2D eigenvalue weighted by molar-refractivity contribution is 5.29. The fourth-order valence-corrected chi connectivity index (χ4v) is 2.70. The molecule has 3 heteroatoms. The van der Waals surface area contributed by atoms with Crippen molar-refractivity contribution in [1.82, 2.24) is 15.3 Å². The predicted octanol–water partition coefficient (Wildman–Crippen LogP) is 2.68. The number of nitrogens with one attached hydrogen (secondary N) is 1. The summed E-state index contributed by atoms with van der Waals surface area (Å²) >= 11 is 0. The highest BCUT2D eigenvalue weighted by Gasteiger charge is 2.21. The summed E-state index contributed by atoms with van der Waals surface area (Å²) in [5, 5.41) is 3.47. The van der Waals surface area contributed by atoms with Crippen LogP contribution in [0, 0.1) is 13.8 Å².